The highest BCUT2D eigenvalue weighted by atomic mass is 35.5. The van der Waals surface area contributed by atoms with Crippen LogP contribution >= 0.6 is 23.2 Å². The fourth-order valence-corrected chi connectivity index (χ4v) is 3.37. The number of nitrogens with zero attached hydrogens (tertiary/aromatic N) is 2. The average Bonchev–Trinajstić information content (AvgIpc) is 2.61. The van der Waals surface area contributed by atoms with Crippen LogP contribution in [0.2, 0.25) is 10.0 Å². The fourth-order valence-electron chi connectivity index (χ4n) is 2.87. The predicted molar refractivity (Wildman–Crippen MR) is 98.5 cm³/mol. The number of hydrogen-bond donors (Lipinski definition) is 0. The number of carbonyl (C=O) groups is 2. The first kappa shape index (κ1) is 15.8. The third-order valence-electron chi connectivity index (χ3n) is 4.05. The molecule has 4 nitrogen and oxygen atoms in total. The first-order valence-electron chi connectivity index (χ1n) is 7.46. The molecule has 0 bridgehead atoms. The second kappa shape index (κ2) is 5.99. The van der Waals surface area contributed by atoms with Crippen molar-refractivity contribution in [2.24, 2.45) is 5.10 Å². The van der Waals surface area contributed by atoms with Gasteiger partial charge >= 0.3 is 0 Å². The molecule has 0 N–H and O–H groups in total. The quantitative estimate of drug-likeness (QED) is 0.482. The fraction of sp³-hybridized carbons (Fsp3) is 0. The van der Waals surface area contributed by atoms with Crippen molar-refractivity contribution in [2.45, 2.75) is 0 Å². The molecular weight excluding hydrogens is 359 g/mol. The Morgan fingerprint density at radius 1 is 0.800 bits per heavy atom. The summed E-state index contributed by atoms with van der Waals surface area (Å²) >= 11 is 12.2. The van der Waals surface area contributed by atoms with Crippen LogP contribution in [0.15, 0.2) is 59.7 Å². The van der Waals surface area contributed by atoms with Crippen LogP contribution in [0, 0.1) is 0 Å². The van der Waals surface area contributed by atoms with Gasteiger partial charge in [0, 0.05) is 10.9 Å². The van der Waals surface area contributed by atoms with E-state index in [1.807, 2.05) is 12.1 Å². The Balaban J connectivity index is 1.82. The summed E-state index contributed by atoms with van der Waals surface area (Å²) in [6, 6.07) is 15.7. The van der Waals surface area contributed by atoms with E-state index in [-0.39, 0.29) is 0 Å². The summed E-state index contributed by atoms with van der Waals surface area (Å²) in [7, 11) is 0. The van der Waals surface area contributed by atoms with Gasteiger partial charge in [-0.1, -0.05) is 53.5 Å². The van der Waals surface area contributed by atoms with E-state index in [1.165, 1.54) is 6.21 Å². The number of carbonyl (C=O) groups excluding carboxylic acids is 2. The summed E-state index contributed by atoms with van der Waals surface area (Å²) in [5, 5.41) is 7.17. The largest absolute Gasteiger partial charge is 0.282 e. The number of halogens is 2. The topological polar surface area (TPSA) is 49.7 Å². The minimum Gasteiger partial charge on any atom is -0.267 e. The summed E-state index contributed by atoms with van der Waals surface area (Å²) in [5.41, 5.74) is 1.33. The number of benzene rings is 3. The van der Waals surface area contributed by atoms with E-state index < -0.39 is 11.8 Å². The molecule has 122 valence electrons. The molecular formula is C19H10Cl2N2O2. The number of hydrogen-bond acceptors (Lipinski definition) is 3. The Bertz CT molecular complexity index is 1010. The van der Waals surface area contributed by atoms with E-state index in [4.69, 9.17) is 23.2 Å². The van der Waals surface area contributed by atoms with Gasteiger partial charge in [-0.2, -0.15) is 10.1 Å². The van der Waals surface area contributed by atoms with E-state index in [1.54, 1.807) is 42.5 Å². The highest BCUT2D eigenvalue weighted by Gasteiger charge is 2.32. The molecule has 0 aromatic heterocycles. The normalized spacial score (nSPS) is 13.9. The van der Waals surface area contributed by atoms with E-state index >= 15 is 0 Å². The minimum atomic E-state index is -0.478. The molecule has 3 aromatic rings. The maximum absolute atomic E-state index is 12.7. The zero-order valence-electron chi connectivity index (χ0n) is 12.7. The van der Waals surface area contributed by atoms with Crippen molar-refractivity contribution < 1.29 is 9.59 Å². The number of imide groups is 1. The van der Waals surface area contributed by atoms with Crippen LogP contribution in [-0.2, 0) is 0 Å². The third kappa shape index (κ3) is 2.51. The van der Waals surface area contributed by atoms with Gasteiger partial charge in [-0.3, -0.25) is 9.59 Å². The molecule has 25 heavy (non-hydrogen) atoms. The zero-order chi connectivity index (χ0) is 17.6. The van der Waals surface area contributed by atoms with Gasteiger partial charge in [0.25, 0.3) is 11.8 Å². The highest BCUT2D eigenvalue weighted by molar-refractivity contribution is 6.38. The molecule has 0 atom stereocenters. The molecule has 2 amide bonds. The average molecular weight is 369 g/mol. The summed E-state index contributed by atoms with van der Waals surface area (Å²) in [6.07, 6.45) is 1.33. The zero-order valence-corrected chi connectivity index (χ0v) is 14.3. The second-order valence-electron chi connectivity index (χ2n) is 5.51. The Morgan fingerprint density at radius 3 is 1.88 bits per heavy atom. The van der Waals surface area contributed by atoms with Gasteiger partial charge in [0.05, 0.1) is 27.4 Å². The molecule has 4 rings (SSSR count). The van der Waals surface area contributed by atoms with Crippen molar-refractivity contribution in [3.8, 4) is 0 Å². The summed E-state index contributed by atoms with van der Waals surface area (Å²) in [6.45, 7) is 0. The Kier molecular flexibility index (Phi) is 3.79. The van der Waals surface area contributed by atoms with Crippen LogP contribution in [0.5, 0.6) is 0 Å². The molecule has 0 aliphatic carbocycles. The van der Waals surface area contributed by atoms with E-state index in [0.29, 0.717) is 32.1 Å². The lowest BCUT2D eigenvalue weighted by Crippen LogP contribution is -2.36. The molecule has 0 spiro atoms. The lowest BCUT2D eigenvalue weighted by Gasteiger charge is -2.23. The monoisotopic (exact) mass is 368 g/mol. The molecule has 0 saturated heterocycles. The van der Waals surface area contributed by atoms with E-state index in [0.717, 1.165) is 10.4 Å². The molecule has 6 heteroatoms. The highest BCUT2D eigenvalue weighted by Crippen LogP contribution is 2.30. The lowest BCUT2D eigenvalue weighted by atomic mass is 9.95. The van der Waals surface area contributed by atoms with Gasteiger partial charge in [0.15, 0.2) is 0 Å². The standard InChI is InChI=1S/C19H10Cl2N2O2/c20-15-8-3-9-16(21)14(15)10-22-23-18(24)12-6-1-4-11-5-2-7-13(17(11)12)19(23)25/h1-10H/b22-10-. The van der Waals surface area contributed by atoms with E-state index in [9.17, 15) is 9.59 Å². The predicted octanol–water partition coefficient (Wildman–Crippen LogP) is 4.78. The molecule has 0 unspecified atom stereocenters. The van der Waals surface area contributed by atoms with Gasteiger partial charge in [-0.25, -0.2) is 0 Å². The van der Waals surface area contributed by atoms with Crippen molar-refractivity contribution in [3.05, 3.63) is 81.3 Å². The lowest BCUT2D eigenvalue weighted by molar-refractivity contribution is 0.0616. The molecule has 1 aliphatic rings. The minimum absolute atomic E-state index is 0.385. The van der Waals surface area contributed by atoms with Crippen molar-refractivity contribution in [3.63, 3.8) is 0 Å². The third-order valence-corrected chi connectivity index (χ3v) is 4.71. The summed E-state index contributed by atoms with van der Waals surface area (Å²) < 4.78 is 0. The van der Waals surface area contributed by atoms with Gasteiger partial charge in [0.1, 0.15) is 0 Å². The molecule has 3 aromatic carbocycles. The first-order valence-corrected chi connectivity index (χ1v) is 8.22. The number of rotatable bonds is 2. The summed E-state index contributed by atoms with van der Waals surface area (Å²) in [4.78, 5) is 25.5. The molecule has 0 saturated carbocycles. The van der Waals surface area contributed by atoms with Crippen LogP contribution in [-0.4, -0.2) is 23.0 Å². The molecule has 0 fully saturated rings. The first-order chi connectivity index (χ1) is 12.1. The summed E-state index contributed by atoms with van der Waals surface area (Å²) in [5.74, 6) is -0.956. The number of amides is 2. The van der Waals surface area contributed by atoms with Crippen LogP contribution in [0.3, 0.4) is 0 Å². The SMILES string of the molecule is O=C1c2cccc3cccc(c23)C(=O)N1/N=C\c1c(Cl)cccc1Cl. The van der Waals surface area contributed by atoms with Crippen LogP contribution in [0.4, 0.5) is 0 Å². The second-order valence-corrected chi connectivity index (χ2v) is 6.33. The van der Waals surface area contributed by atoms with Crippen molar-refractivity contribution >= 4 is 52.0 Å². The van der Waals surface area contributed by atoms with Gasteiger partial charge in [-0.05, 0) is 29.7 Å². The van der Waals surface area contributed by atoms with Crippen molar-refractivity contribution in [1.29, 1.82) is 0 Å². The molecule has 0 radical (unpaired) electrons. The Morgan fingerprint density at radius 2 is 1.32 bits per heavy atom. The van der Waals surface area contributed by atoms with Gasteiger partial charge in [0.2, 0.25) is 0 Å². The number of hydrazone groups is 1. The molecule has 1 aliphatic heterocycles. The van der Waals surface area contributed by atoms with Crippen molar-refractivity contribution in [1.82, 2.24) is 5.01 Å². The van der Waals surface area contributed by atoms with Gasteiger partial charge in [-0.15, -0.1) is 0 Å². The van der Waals surface area contributed by atoms with Crippen LogP contribution in [0.25, 0.3) is 10.8 Å². The van der Waals surface area contributed by atoms with E-state index in [2.05, 4.69) is 5.10 Å². The maximum atomic E-state index is 12.7. The van der Waals surface area contributed by atoms with Crippen molar-refractivity contribution in [2.75, 3.05) is 0 Å². The van der Waals surface area contributed by atoms with Crippen LogP contribution in [0.1, 0.15) is 26.3 Å². The van der Waals surface area contributed by atoms with Gasteiger partial charge < -0.3 is 0 Å². The Hall–Kier alpha value is -2.69. The van der Waals surface area contributed by atoms with Crippen LogP contribution < -0.4 is 0 Å². The molecule has 1 heterocycles. The maximum Gasteiger partial charge on any atom is 0.282 e. The smallest absolute Gasteiger partial charge is 0.267 e. The Labute approximate surface area is 153 Å².